The molecule has 30 heavy (non-hydrogen) atoms. The number of benzene rings is 1. The Kier molecular flexibility index (Phi) is 6.79. The van der Waals surface area contributed by atoms with Crippen molar-refractivity contribution in [3.05, 3.63) is 48.0 Å². The van der Waals surface area contributed by atoms with Gasteiger partial charge in [0.2, 0.25) is 5.91 Å². The molecule has 0 unspecified atom stereocenters. The maximum Gasteiger partial charge on any atom is 0.273 e. The first-order valence-electron chi connectivity index (χ1n) is 11.1. The number of anilines is 1. The summed E-state index contributed by atoms with van der Waals surface area (Å²) < 4.78 is 0. The second-order valence-corrected chi connectivity index (χ2v) is 8.51. The van der Waals surface area contributed by atoms with E-state index >= 15 is 0 Å². The highest BCUT2D eigenvalue weighted by atomic mass is 16.2. The fourth-order valence-electron chi connectivity index (χ4n) is 4.50. The minimum absolute atomic E-state index is 0.142. The van der Waals surface area contributed by atoms with Crippen LogP contribution in [0.4, 0.5) is 5.69 Å². The molecular formula is C23H31N5O2. The summed E-state index contributed by atoms with van der Waals surface area (Å²) in [7, 11) is 0. The molecule has 7 nitrogen and oxygen atoms in total. The average Bonchev–Trinajstić information content (AvgIpc) is 3.30. The molecule has 4 rings (SSSR count). The molecule has 0 spiro atoms. The van der Waals surface area contributed by atoms with Gasteiger partial charge in [-0.05, 0) is 56.5 Å². The Morgan fingerprint density at radius 3 is 2.63 bits per heavy atom. The van der Waals surface area contributed by atoms with Crippen molar-refractivity contribution >= 4 is 17.5 Å². The summed E-state index contributed by atoms with van der Waals surface area (Å²) in [6.07, 6.45) is 10.9. The van der Waals surface area contributed by atoms with Crippen LogP contribution in [0, 0.1) is 5.92 Å². The second-order valence-electron chi connectivity index (χ2n) is 8.51. The summed E-state index contributed by atoms with van der Waals surface area (Å²) in [5.74, 6) is 0.197. The third-order valence-corrected chi connectivity index (χ3v) is 6.24. The Labute approximate surface area is 177 Å². The number of piperidine rings is 1. The van der Waals surface area contributed by atoms with E-state index in [-0.39, 0.29) is 17.7 Å². The number of carbonyl (C=O) groups is 2. The van der Waals surface area contributed by atoms with Crippen LogP contribution in [0.25, 0.3) is 0 Å². The van der Waals surface area contributed by atoms with E-state index < -0.39 is 0 Å². The molecule has 0 atom stereocenters. The van der Waals surface area contributed by atoms with Crippen molar-refractivity contribution in [2.75, 3.05) is 18.4 Å². The average molecular weight is 410 g/mol. The molecular weight excluding hydrogens is 378 g/mol. The van der Waals surface area contributed by atoms with Crippen LogP contribution in [-0.4, -0.2) is 45.8 Å². The zero-order valence-corrected chi connectivity index (χ0v) is 17.4. The molecule has 1 saturated heterocycles. The van der Waals surface area contributed by atoms with E-state index in [1.807, 2.05) is 18.2 Å². The van der Waals surface area contributed by atoms with Gasteiger partial charge >= 0.3 is 0 Å². The van der Waals surface area contributed by atoms with Gasteiger partial charge in [-0.1, -0.05) is 31.4 Å². The molecule has 2 fully saturated rings. The van der Waals surface area contributed by atoms with E-state index in [1.165, 1.54) is 31.8 Å². The monoisotopic (exact) mass is 409 g/mol. The van der Waals surface area contributed by atoms with Gasteiger partial charge < -0.3 is 15.6 Å². The van der Waals surface area contributed by atoms with Crippen LogP contribution in [-0.2, 0) is 11.3 Å². The molecule has 3 N–H and O–H groups in total. The predicted octanol–water partition coefficient (Wildman–Crippen LogP) is 3.32. The Morgan fingerprint density at radius 2 is 1.90 bits per heavy atom. The molecule has 2 heterocycles. The number of hydrogen-bond acceptors (Lipinski definition) is 4. The van der Waals surface area contributed by atoms with E-state index in [2.05, 4.69) is 31.6 Å². The van der Waals surface area contributed by atoms with E-state index in [9.17, 15) is 9.59 Å². The molecule has 2 aromatic rings. The molecule has 160 valence electrons. The van der Waals surface area contributed by atoms with E-state index in [1.54, 1.807) is 0 Å². The minimum atomic E-state index is -0.200. The number of aromatic nitrogens is 2. The smallest absolute Gasteiger partial charge is 0.273 e. The van der Waals surface area contributed by atoms with Gasteiger partial charge in [-0.25, -0.2) is 4.98 Å². The number of aromatic amines is 1. The van der Waals surface area contributed by atoms with Crippen LogP contribution in [0.3, 0.4) is 0 Å². The van der Waals surface area contributed by atoms with E-state index in [0.29, 0.717) is 11.7 Å². The Morgan fingerprint density at radius 1 is 1.10 bits per heavy atom. The van der Waals surface area contributed by atoms with Gasteiger partial charge in [0.1, 0.15) is 5.69 Å². The van der Waals surface area contributed by atoms with Crippen LogP contribution in [0.15, 0.2) is 36.8 Å². The molecule has 2 amide bonds. The summed E-state index contributed by atoms with van der Waals surface area (Å²) >= 11 is 0. The predicted molar refractivity (Wildman–Crippen MR) is 116 cm³/mol. The number of rotatable bonds is 6. The van der Waals surface area contributed by atoms with Crippen molar-refractivity contribution < 1.29 is 9.59 Å². The van der Waals surface area contributed by atoms with Gasteiger partial charge in [-0.15, -0.1) is 0 Å². The topological polar surface area (TPSA) is 90.1 Å². The van der Waals surface area contributed by atoms with Crippen molar-refractivity contribution in [2.24, 2.45) is 5.92 Å². The Hall–Kier alpha value is -2.67. The zero-order chi connectivity index (χ0) is 20.8. The number of likely N-dealkylation sites (tertiary alicyclic amines) is 1. The van der Waals surface area contributed by atoms with Crippen molar-refractivity contribution in [1.29, 1.82) is 0 Å². The fraction of sp³-hybridized carbons (Fsp3) is 0.522. The molecule has 1 saturated carbocycles. The van der Waals surface area contributed by atoms with Crippen LogP contribution < -0.4 is 10.6 Å². The first-order valence-corrected chi connectivity index (χ1v) is 11.1. The van der Waals surface area contributed by atoms with Crippen molar-refractivity contribution in [1.82, 2.24) is 20.2 Å². The molecule has 0 bridgehead atoms. The maximum absolute atomic E-state index is 12.6. The zero-order valence-electron chi connectivity index (χ0n) is 17.4. The highest BCUT2D eigenvalue weighted by Crippen LogP contribution is 2.23. The molecule has 1 aromatic heterocycles. The van der Waals surface area contributed by atoms with Gasteiger partial charge in [0, 0.05) is 24.2 Å². The molecule has 1 aliphatic carbocycles. The van der Waals surface area contributed by atoms with Crippen molar-refractivity contribution in [2.45, 2.75) is 57.5 Å². The third-order valence-electron chi connectivity index (χ3n) is 6.24. The summed E-state index contributed by atoms with van der Waals surface area (Å²) in [6.45, 7) is 2.67. The first kappa shape index (κ1) is 20.6. The second kappa shape index (κ2) is 9.89. The van der Waals surface area contributed by atoms with Gasteiger partial charge in [-0.2, -0.15) is 0 Å². The standard InChI is InChI=1S/C23H31N5O2/c29-22(26-19-6-2-1-3-7-19)18-9-11-28(12-10-18)15-17-5-4-8-20(13-17)27-23(30)21-14-24-16-25-21/h4-5,8,13-14,16,18-19H,1-3,6-7,9-12,15H2,(H,24,25)(H,26,29)(H,27,30). The Bertz CT molecular complexity index is 837. The van der Waals surface area contributed by atoms with Crippen LogP contribution in [0.1, 0.15) is 61.0 Å². The summed E-state index contributed by atoms with van der Waals surface area (Å²) in [6, 6.07) is 8.33. The lowest BCUT2D eigenvalue weighted by atomic mass is 9.92. The third kappa shape index (κ3) is 5.48. The SMILES string of the molecule is O=C(Nc1cccc(CN2CCC(C(=O)NC3CCCCC3)CC2)c1)c1cnc[nH]1. The van der Waals surface area contributed by atoms with E-state index in [4.69, 9.17) is 0 Å². The molecule has 1 aliphatic heterocycles. The fourth-order valence-corrected chi connectivity index (χ4v) is 4.50. The number of amides is 2. The molecule has 2 aliphatic rings. The number of carbonyl (C=O) groups excluding carboxylic acids is 2. The lowest BCUT2D eigenvalue weighted by Gasteiger charge is -2.32. The normalized spacial score (nSPS) is 18.8. The number of nitrogens with one attached hydrogen (secondary N) is 3. The first-order chi connectivity index (χ1) is 14.7. The summed E-state index contributed by atoms with van der Waals surface area (Å²) in [5.41, 5.74) is 2.37. The van der Waals surface area contributed by atoms with Gasteiger partial charge in [0.25, 0.3) is 5.91 Å². The molecule has 1 aromatic carbocycles. The number of nitrogens with zero attached hydrogens (tertiary/aromatic N) is 2. The quantitative estimate of drug-likeness (QED) is 0.683. The highest BCUT2D eigenvalue weighted by molar-refractivity contribution is 6.02. The van der Waals surface area contributed by atoms with Crippen LogP contribution >= 0.6 is 0 Å². The van der Waals surface area contributed by atoms with Crippen molar-refractivity contribution in [3.63, 3.8) is 0 Å². The number of imidazole rings is 1. The van der Waals surface area contributed by atoms with Crippen LogP contribution in [0.2, 0.25) is 0 Å². The largest absolute Gasteiger partial charge is 0.353 e. The van der Waals surface area contributed by atoms with Gasteiger partial charge in [0.05, 0.1) is 12.5 Å². The van der Waals surface area contributed by atoms with E-state index in [0.717, 1.165) is 56.6 Å². The number of H-pyrrole nitrogens is 1. The highest BCUT2D eigenvalue weighted by Gasteiger charge is 2.27. The minimum Gasteiger partial charge on any atom is -0.353 e. The lowest BCUT2D eigenvalue weighted by molar-refractivity contribution is -0.127. The lowest BCUT2D eigenvalue weighted by Crippen LogP contribution is -2.44. The van der Waals surface area contributed by atoms with Crippen LogP contribution in [0.5, 0.6) is 0 Å². The summed E-state index contributed by atoms with van der Waals surface area (Å²) in [5, 5.41) is 6.19. The molecule has 0 radical (unpaired) electrons. The maximum atomic E-state index is 12.6. The number of hydrogen-bond donors (Lipinski definition) is 3. The molecule has 7 heteroatoms. The summed E-state index contributed by atoms with van der Waals surface area (Å²) in [4.78, 5) is 33.9. The van der Waals surface area contributed by atoms with Gasteiger partial charge in [-0.3, -0.25) is 14.5 Å². The van der Waals surface area contributed by atoms with Crippen molar-refractivity contribution in [3.8, 4) is 0 Å². The van der Waals surface area contributed by atoms with Gasteiger partial charge in [0.15, 0.2) is 0 Å². The Balaban J connectivity index is 1.24.